The number of carbonyl (C=O) groups is 1. The van der Waals surface area contributed by atoms with Gasteiger partial charge in [0, 0.05) is 6.42 Å². The highest BCUT2D eigenvalue weighted by atomic mass is 35.5. The molecule has 1 aliphatic carbocycles. The first-order valence-corrected chi connectivity index (χ1v) is 4.55. The van der Waals surface area contributed by atoms with Gasteiger partial charge in [0.1, 0.15) is 0 Å². The Kier molecular flexibility index (Phi) is 3.83. The van der Waals surface area contributed by atoms with E-state index in [0.717, 1.165) is 5.57 Å². The molecule has 4 heteroatoms. The van der Waals surface area contributed by atoms with Gasteiger partial charge < -0.3 is 9.84 Å². The van der Waals surface area contributed by atoms with E-state index in [-0.39, 0.29) is 18.5 Å². The van der Waals surface area contributed by atoms with Crippen LogP contribution in [0.2, 0.25) is 0 Å². The van der Waals surface area contributed by atoms with Crippen molar-refractivity contribution < 1.29 is 14.6 Å². The number of aliphatic hydroxyl groups is 1. The number of allylic oxidation sites excluding steroid dienone is 3. The number of hydrogen-bond acceptors (Lipinski definition) is 3. The van der Waals surface area contributed by atoms with Gasteiger partial charge in [-0.15, -0.1) is 0 Å². The van der Waals surface area contributed by atoms with E-state index in [9.17, 15) is 4.79 Å². The molecule has 3 nitrogen and oxygen atoms in total. The number of aliphatic hydroxyl groups excluding tert-OH is 1. The lowest BCUT2D eigenvalue weighted by Gasteiger charge is -2.09. The average Bonchev–Trinajstić information content (AvgIpc) is 2.09. The van der Waals surface area contributed by atoms with E-state index >= 15 is 0 Å². The average molecular weight is 203 g/mol. The number of ether oxygens (including phenoxy) is 1. The molecule has 0 heterocycles. The van der Waals surface area contributed by atoms with Crippen LogP contribution in [-0.4, -0.2) is 17.1 Å². The zero-order valence-electron chi connectivity index (χ0n) is 7.12. The van der Waals surface area contributed by atoms with Crippen molar-refractivity contribution in [3.8, 4) is 0 Å². The maximum atomic E-state index is 11.0. The summed E-state index contributed by atoms with van der Waals surface area (Å²) in [5.74, 6) is 0.0329. The SMILES string of the molecule is O=C(CC1=CC=C(O)CC1)OCCl. The van der Waals surface area contributed by atoms with Gasteiger partial charge in [-0.3, -0.25) is 4.79 Å². The fourth-order valence-corrected chi connectivity index (χ4v) is 1.24. The van der Waals surface area contributed by atoms with E-state index < -0.39 is 0 Å². The van der Waals surface area contributed by atoms with Crippen LogP contribution in [0.1, 0.15) is 19.3 Å². The Labute approximate surface area is 81.6 Å². The third-order valence-electron chi connectivity index (χ3n) is 1.80. The molecule has 0 amide bonds. The molecular formula is C9H11ClO3. The number of rotatable bonds is 3. The molecule has 1 aliphatic rings. The summed E-state index contributed by atoms with van der Waals surface area (Å²) in [6.45, 7) is 0. The zero-order chi connectivity index (χ0) is 9.68. The molecule has 13 heavy (non-hydrogen) atoms. The van der Waals surface area contributed by atoms with Crippen molar-refractivity contribution in [3.63, 3.8) is 0 Å². The van der Waals surface area contributed by atoms with Gasteiger partial charge in [-0.1, -0.05) is 23.3 Å². The van der Waals surface area contributed by atoms with Crippen LogP contribution in [0.3, 0.4) is 0 Å². The Hall–Kier alpha value is -0.960. The second-order valence-corrected chi connectivity index (χ2v) is 3.00. The summed E-state index contributed by atoms with van der Waals surface area (Å²) >= 11 is 5.22. The standard InChI is InChI=1S/C9H11ClO3/c10-6-13-9(12)5-7-1-3-8(11)4-2-7/h1,3,11H,2,4-6H2. The first-order chi connectivity index (χ1) is 6.22. The quantitative estimate of drug-likeness (QED) is 0.564. The number of esters is 1. The van der Waals surface area contributed by atoms with Crippen LogP contribution in [0.15, 0.2) is 23.5 Å². The number of halogens is 1. The lowest BCUT2D eigenvalue weighted by molar-refractivity contribution is -0.140. The molecule has 0 unspecified atom stereocenters. The normalized spacial score (nSPS) is 16.1. The molecule has 0 saturated carbocycles. The molecule has 0 bridgehead atoms. The summed E-state index contributed by atoms with van der Waals surface area (Å²) in [5, 5.41) is 9.04. The van der Waals surface area contributed by atoms with Crippen molar-refractivity contribution in [2.24, 2.45) is 0 Å². The van der Waals surface area contributed by atoms with E-state index in [1.807, 2.05) is 0 Å². The maximum absolute atomic E-state index is 11.0. The molecule has 1 N–H and O–H groups in total. The van der Waals surface area contributed by atoms with Gasteiger partial charge in [0.05, 0.1) is 12.2 Å². The van der Waals surface area contributed by atoms with E-state index in [0.29, 0.717) is 18.6 Å². The van der Waals surface area contributed by atoms with E-state index in [2.05, 4.69) is 4.74 Å². The predicted octanol–water partition coefficient (Wildman–Crippen LogP) is 2.28. The fraction of sp³-hybridized carbons (Fsp3) is 0.444. The van der Waals surface area contributed by atoms with Gasteiger partial charge in [-0.05, 0) is 12.5 Å². The summed E-state index contributed by atoms with van der Waals surface area (Å²) in [5.41, 5.74) is 0.966. The first kappa shape index (κ1) is 10.1. The third kappa shape index (κ3) is 3.51. The van der Waals surface area contributed by atoms with Gasteiger partial charge in [-0.25, -0.2) is 0 Å². The second-order valence-electron chi connectivity index (χ2n) is 2.79. The van der Waals surface area contributed by atoms with Gasteiger partial charge in [0.15, 0.2) is 6.07 Å². The zero-order valence-corrected chi connectivity index (χ0v) is 7.88. The summed E-state index contributed by atoms with van der Waals surface area (Å²) in [6, 6.07) is -0.104. The highest BCUT2D eigenvalue weighted by molar-refractivity contribution is 6.17. The van der Waals surface area contributed by atoms with Crippen molar-refractivity contribution in [2.75, 3.05) is 6.07 Å². The van der Waals surface area contributed by atoms with Gasteiger partial charge >= 0.3 is 5.97 Å². The molecule has 0 radical (unpaired) electrons. The monoisotopic (exact) mass is 202 g/mol. The van der Waals surface area contributed by atoms with Crippen LogP contribution < -0.4 is 0 Å². The third-order valence-corrected chi connectivity index (χ3v) is 1.91. The summed E-state index contributed by atoms with van der Waals surface area (Å²) < 4.78 is 4.57. The van der Waals surface area contributed by atoms with Crippen LogP contribution in [0.25, 0.3) is 0 Å². The van der Waals surface area contributed by atoms with Crippen LogP contribution in [-0.2, 0) is 9.53 Å². The van der Waals surface area contributed by atoms with E-state index in [1.54, 1.807) is 12.2 Å². The van der Waals surface area contributed by atoms with Crippen molar-refractivity contribution in [1.82, 2.24) is 0 Å². The van der Waals surface area contributed by atoms with Crippen molar-refractivity contribution >= 4 is 17.6 Å². The molecular weight excluding hydrogens is 192 g/mol. The van der Waals surface area contributed by atoms with Crippen LogP contribution in [0.5, 0.6) is 0 Å². The smallest absolute Gasteiger partial charge is 0.311 e. The van der Waals surface area contributed by atoms with Gasteiger partial charge in [-0.2, -0.15) is 0 Å². The Bertz CT molecular complexity index is 256. The largest absolute Gasteiger partial charge is 0.512 e. The molecule has 1 rings (SSSR count). The minimum Gasteiger partial charge on any atom is -0.512 e. The molecule has 0 aromatic rings. The predicted molar refractivity (Wildman–Crippen MR) is 49.5 cm³/mol. The lowest BCUT2D eigenvalue weighted by atomic mass is 10.0. The van der Waals surface area contributed by atoms with E-state index in [1.165, 1.54) is 0 Å². The topological polar surface area (TPSA) is 46.5 Å². The molecule has 0 aromatic heterocycles. The number of hydrogen-bond donors (Lipinski definition) is 1. The minimum atomic E-state index is -0.323. The second kappa shape index (κ2) is 4.92. The van der Waals surface area contributed by atoms with Crippen molar-refractivity contribution in [2.45, 2.75) is 19.3 Å². The summed E-state index contributed by atoms with van der Waals surface area (Å²) in [4.78, 5) is 11.0. The van der Waals surface area contributed by atoms with Crippen LogP contribution in [0, 0.1) is 0 Å². The Morgan fingerprint density at radius 2 is 2.31 bits per heavy atom. The van der Waals surface area contributed by atoms with Crippen molar-refractivity contribution in [3.05, 3.63) is 23.5 Å². The minimum absolute atomic E-state index is 0.104. The maximum Gasteiger partial charge on any atom is 0.311 e. The fourth-order valence-electron chi connectivity index (χ4n) is 1.11. The highest BCUT2D eigenvalue weighted by Gasteiger charge is 2.10. The molecule has 0 aromatic carbocycles. The van der Waals surface area contributed by atoms with Gasteiger partial charge in [0.2, 0.25) is 0 Å². The lowest BCUT2D eigenvalue weighted by Crippen LogP contribution is -2.05. The molecule has 0 spiro atoms. The van der Waals surface area contributed by atoms with Crippen molar-refractivity contribution in [1.29, 1.82) is 0 Å². The number of carbonyl (C=O) groups excluding carboxylic acids is 1. The number of alkyl halides is 1. The molecule has 0 saturated heterocycles. The molecule has 0 atom stereocenters. The highest BCUT2D eigenvalue weighted by Crippen LogP contribution is 2.19. The summed E-state index contributed by atoms with van der Waals surface area (Å²) in [6.07, 6.45) is 4.91. The Morgan fingerprint density at radius 1 is 1.54 bits per heavy atom. The Balaban J connectivity index is 2.42. The first-order valence-electron chi connectivity index (χ1n) is 4.01. The van der Waals surface area contributed by atoms with Gasteiger partial charge in [0.25, 0.3) is 0 Å². The molecule has 72 valence electrons. The molecule has 0 fully saturated rings. The van der Waals surface area contributed by atoms with E-state index in [4.69, 9.17) is 16.7 Å². The summed E-state index contributed by atoms with van der Waals surface area (Å²) in [7, 11) is 0. The Morgan fingerprint density at radius 3 is 2.85 bits per heavy atom. The van der Waals surface area contributed by atoms with Crippen LogP contribution in [0.4, 0.5) is 0 Å². The van der Waals surface area contributed by atoms with Crippen LogP contribution >= 0.6 is 11.6 Å². The molecule has 0 aliphatic heterocycles.